The van der Waals surface area contributed by atoms with Gasteiger partial charge in [-0.05, 0) is 31.2 Å². The number of hydrogen-bond donors (Lipinski definition) is 2. The fourth-order valence-corrected chi connectivity index (χ4v) is 2.28. The topological polar surface area (TPSA) is 87.5 Å². The van der Waals surface area contributed by atoms with Gasteiger partial charge in [0, 0.05) is 30.4 Å². The van der Waals surface area contributed by atoms with Crippen LogP contribution in [0.3, 0.4) is 0 Å². The number of carbonyl (C=O) groups is 2. The first-order chi connectivity index (χ1) is 11.6. The maximum atomic E-state index is 11.7. The third-order valence-corrected chi connectivity index (χ3v) is 3.47. The van der Waals surface area contributed by atoms with Crippen LogP contribution in [0.2, 0.25) is 0 Å². The second-order valence-corrected chi connectivity index (χ2v) is 5.24. The third kappa shape index (κ3) is 3.55. The van der Waals surface area contributed by atoms with Crippen molar-refractivity contribution in [2.24, 2.45) is 0 Å². The maximum Gasteiger partial charge on any atom is 0.321 e. The summed E-state index contributed by atoms with van der Waals surface area (Å²) in [6.07, 6.45) is 0. The molecule has 0 bridgehead atoms. The summed E-state index contributed by atoms with van der Waals surface area (Å²) in [5.74, 6) is 6.09. The lowest BCUT2D eigenvalue weighted by Crippen LogP contribution is -2.27. The number of amides is 3. The largest absolute Gasteiger partial charge is 0.361 e. The number of nitrogens with zero attached hydrogens (tertiary/aromatic N) is 2. The van der Waals surface area contributed by atoms with Crippen LogP contribution in [0.5, 0.6) is 0 Å². The van der Waals surface area contributed by atoms with E-state index in [1.165, 1.54) is 0 Å². The molecule has 1 aliphatic heterocycles. The van der Waals surface area contributed by atoms with Crippen LogP contribution in [0.4, 0.5) is 10.5 Å². The van der Waals surface area contributed by atoms with Gasteiger partial charge in [-0.15, -0.1) is 0 Å². The molecule has 1 aliphatic rings. The molecule has 3 rings (SSSR count). The van der Waals surface area contributed by atoms with Crippen molar-refractivity contribution in [3.63, 3.8) is 0 Å². The first-order valence-electron chi connectivity index (χ1n) is 7.49. The summed E-state index contributed by atoms with van der Waals surface area (Å²) >= 11 is 0. The molecule has 0 unspecified atom stereocenters. The van der Waals surface area contributed by atoms with Gasteiger partial charge in [-0.25, -0.2) is 4.79 Å². The zero-order valence-corrected chi connectivity index (χ0v) is 13.1. The predicted molar refractivity (Wildman–Crippen MR) is 87.6 cm³/mol. The first-order valence-corrected chi connectivity index (χ1v) is 7.49. The van der Waals surface area contributed by atoms with E-state index in [1.54, 1.807) is 17.9 Å². The Labute approximate surface area is 139 Å². The van der Waals surface area contributed by atoms with Gasteiger partial charge in [0.25, 0.3) is 5.91 Å². The fourth-order valence-electron chi connectivity index (χ4n) is 2.28. The molecule has 0 spiro atoms. The van der Waals surface area contributed by atoms with E-state index in [0.29, 0.717) is 18.8 Å². The molecule has 3 amide bonds. The number of urea groups is 1. The summed E-state index contributed by atoms with van der Waals surface area (Å²) in [4.78, 5) is 25.0. The molecule has 1 aromatic heterocycles. The van der Waals surface area contributed by atoms with Crippen molar-refractivity contribution in [3.05, 3.63) is 47.3 Å². The van der Waals surface area contributed by atoms with Crippen LogP contribution in [0, 0.1) is 18.8 Å². The molecule has 24 heavy (non-hydrogen) atoms. The van der Waals surface area contributed by atoms with E-state index in [-0.39, 0.29) is 24.2 Å². The highest BCUT2D eigenvalue weighted by molar-refractivity contribution is 5.94. The third-order valence-electron chi connectivity index (χ3n) is 3.47. The van der Waals surface area contributed by atoms with E-state index < -0.39 is 0 Å². The van der Waals surface area contributed by atoms with Gasteiger partial charge in [0.1, 0.15) is 5.76 Å². The van der Waals surface area contributed by atoms with Gasteiger partial charge in [0.2, 0.25) is 0 Å². The van der Waals surface area contributed by atoms with Crippen LogP contribution < -0.4 is 15.5 Å². The van der Waals surface area contributed by atoms with Crippen LogP contribution in [-0.2, 0) is 0 Å². The minimum absolute atomic E-state index is 0.0837. The number of anilines is 1. The highest BCUT2D eigenvalue weighted by Crippen LogP contribution is 2.16. The monoisotopic (exact) mass is 324 g/mol. The van der Waals surface area contributed by atoms with Crippen LogP contribution in [0.25, 0.3) is 0 Å². The van der Waals surface area contributed by atoms with E-state index in [1.807, 2.05) is 24.3 Å². The Kier molecular flexibility index (Phi) is 4.47. The number of nitrogens with one attached hydrogen (secondary N) is 2. The smallest absolute Gasteiger partial charge is 0.321 e. The molecule has 0 saturated carbocycles. The molecule has 2 N–H and O–H groups in total. The van der Waals surface area contributed by atoms with Gasteiger partial charge in [0.15, 0.2) is 5.69 Å². The van der Waals surface area contributed by atoms with Gasteiger partial charge < -0.3 is 15.2 Å². The average Bonchev–Trinajstić information content (AvgIpc) is 3.20. The number of hydrogen-bond acceptors (Lipinski definition) is 4. The summed E-state index contributed by atoms with van der Waals surface area (Å²) < 4.78 is 4.84. The lowest BCUT2D eigenvalue weighted by atomic mass is 10.2. The summed E-state index contributed by atoms with van der Waals surface area (Å²) in [6, 6.07) is 8.88. The van der Waals surface area contributed by atoms with E-state index in [0.717, 1.165) is 11.3 Å². The van der Waals surface area contributed by atoms with E-state index in [4.69, 9.17) is 4.52 Å². The molecule has 2 heterocycles. The SMILES string of the molecule is Cc1cc(C(=O)NCC#Cc2ccc(N3CCNC3=O)cc2)no1. The zero-order valence-electron chi connectivity index (χ0n) is 13.1. The normalized spacial score (nSPS) is 13.2. The molecule has 0 atom stereocenters. The Morgan fingerprint density at radius 1 is 1.42 bits per heavy atom. The van der Waals surface area contributed by atoms with Gasteiger partial charge >= 0.3 is 6.03 Å². The van der Waals surface area contributed by atoms with Gasteiger partial charge in [-0.3, -0.25) is 9.69 Å². The Morgan fingerprint density at radius 3 is 2.83 bits per heavy atom. The summed E-state index contributed by atoms with van der Waals surface area (Å²) in [5, 5.41) is 9.04. The van der Waals surface area contributed by atoms with Crippen LogP contribution in [0.1, 0.15) is 21.8 Å². The Bertz CT molecular complexity index is 814. The Morgan fingerprint density at radius 2 is 2.21 bits per heavy atom. The summed E-state index contributed by atoms with van der Waals surface area (Å²) in [5.41, 5.74) is 1.89. The average molecular weight is 324 g/mol. The van der Waals surface area contributed by atoms with Crippen molar-refractivity contribution in [1.29, 1.82) is 0 Å². The molecule has 0 aliphatic carbocycles. The van der Waals surface area contributed by atoms with E-state index in [2.05, 4.69) is 27.6 Å². The fraction of sp³-hybridized carbons (Fsp3) is 0.235. The number of rotatable bonds is 3. The number of aryl methyl sites for hydroxylation is 1. The van der Waals surface area contributed by atoms with Crippen LogP contribution >= 0.6 is 0 Å². The molecular weight excluding hydrogens is 308 g/mol. The molecule has 122 valence electrons. The Hall–Kier alpha value is -3.27. The van der Waals surface area contributed by atoms with Crippen LogP contribution in [-0.4, -0.2) is 36.7 Å². The van der Waals surface area contributed by atoms with Gasteiger partial charge in [-0.2, -0.15) is 0 Å². The highest BCUT2D eigenvalue weighted by atomic mass is 16.5. The first kappa shape index (κ1) is 15.6. The molecule has 1 aromatic carbocycles. The minimum Gasteiger partial charge on any atom is -0.361 e. The second kappa shape index (κ2) is 6.87. The number of aromatic nitrogens is 1. The maximum absolute atomic E-state index is 11.7. The van der Waals surface area contributed by atoms with Crippen molar-refractivity contribution in [2.45, 2.75) is 6.92 Å². The van der Waals surface area contributed by atoms with Crippen molar-refractivity contribution < 1.29 is 14.1 Å². The number of benzene rings is 1. The van der Waals surface area contributed by atoms with Crippen molar-refractivity contribution in [1.82, 2.24) is 15.8 Å². The molecule has 1 saturated heterocycles. The van der Waals surface area contributed by atoms with E-state index >= 15 is 0 Å². The summed E-state index contributed by atoms with van der Waals surface area (Å²) in [6.45, 7) is 3.25. The lowest BCUT2D eigenvalue weighted by Gasteiger charge is -2.13. The molecular formula is C17H16N4O3. The molecule has 7 nitrogen and oxygen atoms in total. The standard InChI is InChI=1S/C17H16N4O3/c1-12-11-15(20-24-12)16(22)18-8-2-3-13-4-6-14(7-5-13)21-10-9-19-17(21)23/h4-7,11H,8-10H2,1H3,(H,18,22)(H,19,23). The zero-order chi connectivity index (χ0) is 16.9. The van der Waals surface area contributed by atoms with Crippen LogP contribution in [0.15, 0.2) is 34.9 Å². The molecule has 2 aromatic rings. The summed E-state index contributed by atoms with van der Waals surface area (Å²) in [7, 11) is 0. The highest BCUT2D eigenvalue weighted by Gasteiger charge is 2.20. The van der Waals surface area contributed by atoms with Crippen molar-refractivity contribution >= 4 is 17.6 Å². The van der Waals surface area contributed by atoms with Gasteiger partial charge in [0.05, 0.1) is 6.54 Å². The van der Waals surface area contributed by atoms with E-state index in [9.17, 15) is 9.59 Å². The number of carbonyl (C=O) groups excluding carboxylic acids is 2. The quantitative estimate of drug-likeness (QED) is 0.833. The Balaban J connectivity index is 1.54. The molecule has 7 heteroatoms. The van der Waals surface area contributed by atoms with Crippen molar-refractivity contribution in [3.8, 4) is 11.8 Å². The lowest BCUT2D eigenvalue weighted by molar-refractivity contribution is 0.0949. The van der Waals surface area contributed by atoms with Crippen molar-refractivity contribution in [2.75, 3.05) is 24.5 Å². The predicted octanol–water partition coefficient (Wildman–Crippen LogP) is 1.29. The molecule has 1 fully saturated rings. The molecule has 0 radical (unpaired) electrons. The van der Waals surface area contributed by atoms with Gasteiger partial charge in [-0.1, -0.05) is 17.0 Å². The second-order valence-electron chi connectivity index (χ2n) is 5.24. The minimum atomic E-state index is -0.323.